The van der Waals surface area contributed by atoms with Crippen LogP contribution < -0.4 is 20.7 Å². The van der Waals surface area contributed by atoms with Crippen LogP contribution >= 0.6 is 11.8 Å². The zero-order valence-electron chi connectivity index (χ0n) is 17.6. The number of hydrogen-bond donors (Lipinski definition) is 2. The number of nitrogens with one attached hydrogen (secondary N) is 1. The molecule has 9 nitrogen and oxygen atoms in total. The molecule has 0 aliphatic carbocycles. The SMILES string of the molecule is NC(=O)c1ccc(Sc2cnc(N3CCNC(=O)C3)nc2OCc2cccc(C=O)c2)cc1. The minimum atomic E-state index is -0.494. The number of anilines is 1. The summed E-state index contributed by atoms with van der Waals surface area (Å²) in [5.41, 5.74) is 7.11. The van der Waals surface area contributed by atoms with Gasteiger partial charge in [0.25, 0.3) is 0 Å². The zero-order chi connectivity index (χ0) is 23.2. The van der Waals surface area contributed by atoms with E-state index in [2.05, 4.69) is 15.3 Å². The van der Waals surface area contributed by atoms with Gasteiger partial charge in [-0.25, -0.2) is 4.98 Å². The second-order valence-corrected chi connectivity index (χ2v) is 8.37. The highest BCUT2D eigenvalue weighted by molar-refractivity contribution is 7.99. The minimum Gasteiger partial charge on any atom is -0.472 e. The Bertz CT molecular complexity index is 1190. The lowest BCUT2D eigenvalue weighted by Crippen LogP contribution is -2.48. The molecule has 2 heterocycles. The number of aromatic nitrogens is 2. The van der Waals surface area contributed by atoms with Crippen LogP contribution in [0.2, 0.25) is 0 Å². The normalized spacial score (nSPS) is 13.3. The number of carbonyl (C=O) groups is 3. The zero-order valence-corrected chi connectivity index (χ0v) is 18.4. The van der Waals surface area contributed by atoms with Gasteiger partial charge in [-0.1, -0.05) is 30.0 Å². The summed E-state index contributed by atoms with van der Waals surface area (Å²) in [5.74, 6) is 0.166. The molecule has 1 saturated heterocycles. The summed E-state index contributed by atoms with van der Waals surface area (Å²) in [5, 5.41) is 2.78. The number of carbonyl (C=O) groups excluding carboxylic acids is 3. The van der Waals surface area contributed by atoms with Crippen molar-refractivity contribution in [3.05, 3.63) is 71.4 Å². The van der Waals surface area contributed by atoms with E-state index in [0.29, 0.717) is 40.9 Å². The van der Waals surface area contributed by atoms with Gasteiger partial charge < -0.3 is 20.7 Å². The van der Waals surface area contributed by atoms with E-state index >= 15 is 0 Å². The number of aldehydes is 1. The molecule has 1 aliphatic heterocycles. The summed E-state index contributed by atoms with van der Waals surface area (Å²) in [6.07, 6.45) is 2.43. The van der Waals surface area contributed by atoms with Crippen LogP contribution in [-0.2, 0) is 11.4 Å². The molecule has 3 N–H and O–H groups in total. The average Bonchev–Trinajstić information content (AvgIpc) is 2.84. The fourth-order valence-electron chi connectivity index (χ4n) is 3.20. The highest BCUT2D eigenvalue weighted by atomic mass is 32.2. The highest BCUT2D eigenvalue weighted by Gasteiger charge is 2.21. The summed E-state index contributed by atoms with van der Waals surface area (Å²) < 4.78 is 6.03. The molecule has 2 aromatic carbocycles. The van der Waals surface area contributed by atoms with Crippen molar-refractivity contribution in [2.75, 3.05) is 24.5 Å². The van der Waals surface area contributed by atoms with E-state index in [1.54, 1.807) is 53.6 Å². The molecule has 1 aliphatic rings. The Balaban J connectivity index is 1.60. The summed E-state index contributed by atoms with van der Waals surface area (Å²) in [6, 6.07) is 14.0. The lowest BCUT2D eigenvalue weighted by Gasteiger charge is -2.27. The van der Waals surface area contributed by atoms with Gasteiger partial charge in [0.1, 0.15) is 12.9 Å². The smallest absolute Gasteiger partial charge is 0.248 e. The average molecular weight is 464 g/mol. The van der Waals surface area contributed by atoms with E-state index in [9.17, 15) is 14.4 Å². The number of hydrogen-bond acceptors (Lipinski definition) is 8. The largest absolute Gasteiger partial charge is 0.472 e. The van der Waals surface area contributed by atoms with Gasteiger partial charge in [-0.15, -0.1) is 0 Å². The second-order valence-electron chi connectivity index (χ2n) is 7.25. The topological polar surface area (TPSA) is 128 Å². The van der Waals surface area contributed by atoms with E-state index < -0.39 is 5.91 Å². The fraction of sp³-hybridized carbons (Fsp3) is 0.174. The van der Waals surface area contributed by atoms with Crippen LogP contribution in [0.15, 0.2) is 64.5 Å². The predicted octanol–water partition coefficient (Wildman–Crippen LogP) is 2.05. The van der Waals surface area contributed by atoms with Crippen LogP contribution in [0.5, 0.6) is 5.88 Å². The molecule has 168 valence electrons. The first-order chi connectivity index (χ1) is 16.0. The van der Waals surface area contributed by atoms with E-state index in [-0.39, 0.29) is 19.1 Å². The quantitative estimate of drug-likeness (QED) is 0.486. The van der Waals surface area contributed by atoms with Gasteiger partial charge in [-0.2, -0.15) is 4.98 Å². The van der Waals surface area contributed by atoms with Crippen molar-refractivity contribution in [3.8, 4) is 5.88 Å². The maximum Gasteiger partial charge on any atom is 0.248 e. The number of primary amides is 1. The number of rotatable bonds is 8. The molecule has 0 bridgehead atoms. The Morgan fingerprint density at radius 2 is 2.06 bits per heavy atom. The van der Waals surface area contributed by atoms with E-state index in [0.717, 1.165) is 16.7 Å². The first kappa shape index (κ1) is 22.3. The third-order valence-electron chi connectivity index (χ3n) is 4.86. The molecule has 0 unspecified atom stereocenters. The van der Waals surface area contributed by atoms with Crippen LogP contribution in [-0.4, -0.2) is 47.7 Å². The molecule has 1 aromatic heterocycles. The first-order valence-electron chi connectivity index (χ1n) is 10.1. The second kappa shape index (κ2) is 10.1. The summed E-state index contributed by atoms with van der Waals surface area (Å²) in [4.78, 5) is 46.5. The van der Waals surface area contributed by atoms with Crippen molar-refractivity contribution >= 4 is 35.8 Å². The van der Waals surface area contributed by atoms with Gasteiger partial charge in [0.15, 0.2) is 0 Å². The number of nitrogens with zero attached hydrogens (tertiary/aromatic N) is 3. The van der Waals surface area contributed by atoms with Crippen molar-refractivity contribution in [1.29, 1.82) is 0 Å². The van der Waals surface area contributed by atoms with Gasteiger partial charge in [0.05, 0.1) is 17.6 Å². The Labute approximate surface area is 194 Å². The monoisotopic (exact) mass is 463 g/mol. The van der Waals surface area contributed by atoms with E-state index in [4.69, 9.17) is 10.5 Å². The van der Waals surface area contributed by atoms with Crippen molar-refractivity contribution < 1.29 is 19.1 Å². The number of piperazine rings is 1. The van der Waals surface area contributed by atoms with E-state index in [1.165, 1.54) is 11.8 Å². The number of nitrogens with two attached hydrogens (primary N) is 1. The van der Waals surface area contributed by atoms with Crippen LogP contribution in [0.4, 0.5) is 5.95 Å². The summed E-state index contributed by atoms with van der Waals surface area (Å²) in [6.45, 7) is 1.47. The molecule has 4 rings (SSSR count). The van der Waals surface area contributed by atoms with Crippen LogP contribution in [0, 0.1) is 0 Å². The standard InChI is InChI=1S/C23H21N5O4S/c24-21(31)17-4-6-18(7-5-17)33-19-11-26-23(28-9-8-25-20(30)12-28)27-22(19)32-14-16-3-1-2-15(10-16)13-29/h1-7,10-11,13H,8-9,12,14H2,(H2,24,31)(H,25,30). The Kier molecular flexibility index (Phi) is 6.84. The maximum atomic E-state index is 11.8. The van der Waals surface area contributed by atoms with Gasteiger partial charge in [0.2, 0.25) is 23.6 Å². The van der Waals surface area contributed by atoms with Crippen molar-refractivity contribution in [3.63, 3.8) is 0 Å². The molecule has 0 atom stereocenters. The highest BCUT2D eigenvalue weighted by Crippen LogP contribution is 2.35. The fourth-order valence-corrected chi connectivity index (χ4v) is 4.03. The third kappa shape index (κ3) is 5.66. The molecule has 0 radical (unpaired) electrons. The van der Waals surface area contributed by atoms with Crippen LogP contribution in [0.25, 0.3) is 0 Å². The molecule has 10 heteroatoms. The van der Waals surface area contributed by atoms with Gasteiger partial charge >= 0.3 is 0 Å². The molecule has 2 amide bonds. The third-order valence-corrected chi connectivity index (χ3v) is 5.87. The number of benzene rings is 2. The summed E-state index contributed by atoms with van der Waals surface area (Å²) >= 11 is 1.38. The van der Waals surface area contributed by atoms with Crippen molar-refractivity contribution in [1.82, 2.24) is 15.3 Å². The summed E-state index contributed by atoms with van der Waals surface area (Å²) in [7, 11) is 0. The predicted molar refractivity (Wildman–Crippen MR) is 122 cm³/mol. The molecule has 33 heavy (non-hydrogen) atoms. The first-order valence-corrected chi connectivity index (χ1v) is 11.0. The molecule has 0 spiro atoms. The van der Waals surface area contributed by atoms with Crippen molar-refractivity contribution in [2.45, 2.75) is 16.4 Å². The Morgan fingerprint density at radius 3 is 2.79 bits per heavy atom. The minimum absolute atomic E-state index is 0.0917. The molecular weight excluding hydrogens is 442 g/mol. The Hall–Kier alpha value is -3.92. The molecule has 3 aromatic rings. The van der Waals surface area contributed by atoms with E-state index in [1.807, 2.05) is 6.07 Å². The molecular formula is C23H21N5O4S. The van der Waals surface area contributed by atoms with Gasteiger partial charge in [-0.3, -0.25) is 14.4 Å². The van der Waals surface area contributed by atoms with Crippen LogP contribution in [0.3, 0.4) is 0 Å². The van der Waals surface area contributed by atoms with Crippen molar-refractivity contribution in [2.24, 2.45) is 5.73 Å². The Morgan fingerprint density at radius 1 is 1.24 bits per heavy atom. The molecule has 0 saturated carbocycles. The lowest BCUT2D eigenvalue weighted by atomic mass is 10.1. The van der Waals surface area contributed by atoms with Crippen LogP contribution in [0.1, 0.15) is 26.3 Å². The molecule has 1 fully saturated rings. The van der Waals surface area contributed by atoms with Gasteiger partial charge in [-0.05, 0) is 35.9 Å². The van der Waals surface area contributed by atoms with Gasteiger partial charge in [0, 0.05) is 29.1 Å². The lowest BCUT2D eigenvalue weighted by molar-refractivity contribution is -0.120. The number of ether oxygens (including phenoxy) is 1. The number of amides is 2. The maximum absolute atomic E-state index is 11.8.